The third-order valence-electron chi connectivity index (χ3n) is 6.69. The molecule has 0 bridgehead atoms. The number of hydrogen-bond acceptors (Lipinski definition) is 4. The Bertz CT molecular complexity index is 856. The number of nitrogens with one attached hydrogen (secondary N) is 1. The smallest absolute Gasteiger partial charge is 0.255 e. The predicted molar refractivity (Wildman–Crippen MR) is 123 cm³/mol. The summed E-state index contributed by atoms with van der Waals surface area (Å²) in [7, 11) is 1.61. The molecule has 4 rings (SSSR count). The van der Waals surface area contributed by atoms with Gasteiger partial charge in [-0.25, -0.2) is 0 Å². The number of hydrogen-bond donors (Lipinski definition) is 1. The molecule has 0 spiro atoms. The van der Waals surface area contributed by atoms with Gasteiger partial charge in [-0.1, -0.05) is 43.2 Å². The van der Waals surface area contributed by atoms with Crippen LogP contribution in [0.4, 0.5) is 0 Å². The molecule has 1 saturated heterocycles. The van der Waals surface area contributed by atoms with Crippen LogP contribution < -0.4 is 14.8 Å². The fourth-order valence-electron chi connectivity index (χ4n) is 4.82. The summed E-state index contributed by atoms with van der Waals surface area (Å²) in [6, 6.07) is 16.2. The van der Waals surface area contributed by atoms with Crippen molar-refractivity contribution in [1.82, 2.24) is 10.2 Å². The summed E-state index contributed by atoms with van der Waals surface area (Å²) in [5, 5.41) is 3.10. The van der Waals surface area contributed by atoms with Crippen LogP contribution in [0.3, 0.4) is 0 Å². The second kappa shape index (κ2) is 10.2. The number of ether oxygens (including phenoxy) is 2. The van der Waals surface area contributed by atoms with Crippen molar-refractivity contribution in [3.63, 3.8) is 0 Å². The molecule has 5 nitrogen and oxygen atoms in total. The van der Waals surface area contributed by atoms with E-state index in [-0.39, 0.29) is 18.1 Å². The Morgan fingerprint density at radius 3 is 2.42 bits per heavy atom. The highest BCUT2D eigenvalue weighted by atomic mass is 16.5. The van der Waals surface area contributed by atoms with E-state index in [4.69, 9.17) is 9.47 Å². The number of methoxy groups -OCH3 is 1. The van der Waals surface area contributed by atoms with Crippen molar-refractivity contribution in [2.75, 3.05) is 20.2 Å². The van der Waals surface area contributed by atoms with Crippen LogP contribution in [-0.4, -0.2) is 43.2 Å². The largest absolute Gasteiger partial charge is 0.497 e. The standard InChI is InChI=1S/C26H34N2O3/c1-19(20-8-4-3-5-9-20)27-26(29)24-18-23(30-2)12-13-25(24)31-22-14-16-28(17-15-22)21-10-6-7-11-21/h3-5,8-9,12-13,18-19,21-22H,6-7,10-11,14-17H2,1-2H3,(H,27,29)/t19-/m1/s1. The Hall–Kier alpha value is -2.53. The van der Waals surface area contributed by atoms with E-state index < -0.39 is 0 Å². The molecule has 1 aliphatic heterocycles. The van der Waals surface area contributed by atoms with Gasteiger partial charge in [0.1, 0.15) is 17.6 Å². The molecule has 0 aromatic heterocycles. The van der Waals surface area contributed by atoms with Crippen molar-refractivity contribution in [3.8, 4) is 11.5 Å². The highest BCUT2D eigenvalue weighted by Gasteiger charge is 2.28. The second-order valence-electron chi connectivity index (χ2n) is 8.76. The quantitative estimate of drug-likeness (QED) is 0.684. The van der Waals surface area contributed by atoms with E-state index in [0.29, 0.717) is 17.1 Å². The first-order valence-electron chi connectivity index (χ1n) is 11.6. The van der Waals surface area contributed by atoms with Crippen molar-refractivity contribution < 1.29 is 14.3 Å². The van der Waals surface area contributed by atoms with Crippen molar-refractivity contribution in [2.45, 2.75) is 63.6 Å². The molecule has 1 heterocycles. The van der Waals surface area contributed by atoms with Gasteiger partial charge in [0.25, 0.3) is 5.91 Å². The number of rotatable bonds is 7. The van der Waals surface area contributed by atoms with Gasteiger partial charge in [0.15, 0.2) is 0 Å². The highest BCUT2D eigenvalue weighted by Crippen LogP contribution is 2.30. The summed E-state index contributed by atoms with van der Waals surface area (Å²) < 4.78 is 11.7. The molecule has 31 heavy (non-hydrogen) atoms. The molecule has 166 valence electrons. The minimum Gasteiger partial charge on any atom is -0.497 e. The van der Waals surface area contributed by atoms with Gasteiger partial charge in [0.2, 0.25) is 0 Å². The molecule has 5 heteroatoms. The Labute approximate surface area is 185 Å². The van der Waals surface area contributed by atoms with Crippen molar-refractivity contribution in [2.24, 2.45) is 0 Å². The molecular weight excluding hydrogens is 388 g/mol. The lowest BCUT2D eigenvalue weighted by atomic mass is 10.0. The van der Waals surface area contributed by atoms with Crippen LogP contribution in [-0.2, 0) is 0 Å². The summed E-state index contributed by atoms with van der Waals surface area (Å²) in [5.41, 5.74) is 1.60. The molecular formula is C26H34N2O3. The monoisotopic (exact) mass is 422 g/mol. The molecule has 0 unspecified atom stereocenters. The highest BCUT2D eigenvalue weighted by molar-refractivity contribution is 5.97. The lowest BCUT2D eigenvalue weighted by molar-refractivity contribution is 0.0748. The van der Waals surface area contributed by atoms with Gasteiger partial charge in [-0.05, 0) is 56.4 Å². The Kier molecular flexibility index (Phi) is 7.13. The summed E-state index contributed by atoms with van der Waals surface area (Å²) in [4.78, 5) is 15.8. The van der Waals surface area contributed by atoms with Crippen LogP contribution in [0, 0.1) is 0 Å². The molecule has 1 N–H and O–H groups in total. The topological polar surface area (TPSA) is 50.8 Å². The maximum absolute atomic E-state index is 13.1. The Morgan fingerprint density at radius 2 is 1.74 bits per heavy atom. The minimum absolute atomic E-state index is 0.0950. The maximum atomic E-state index is 13.1. The zero-order chi connectivity index (χ0) is 21.6. The first-order valence-corrected chi connectivity index (χ1v) is 11.6. The molecule has 1 saturated carbocycles. The van der Waals surface area contributed by atoms with Crippen molar-refractivity contribution in [3.05, 3.63) is 59.7 Å². The van der Waals surface area contributed by atoms with Gasteiger partial charge in [-0.3, -0.25) is 4.79 Å². The number of likely N-dealkylation sites (tertiary alicyclic amines) is 1. The average molecular weight is 423 g/mol. The van der Waals surface area contributed by atoms with Crippen molar-refractivity contribution in [1.29, 1.82) is 0 Å². The Balaban J connectivity index is 1.42. The number of carbonyl (C=O) groups excluding carboxylic acids is 1. The SMILES string of the molecule is COc1ccc(OC2CCN(C3CCCC3)CC2)c(C(=O)N[C@H](C)c2ccccc2)c1. The van der Waals surface area contributed by atoms with Crippen LogP contribution in [0.15, 0.2) is 48.5 Å². The average Bonchev–Trinajstić information content (AvgIpc) is 3.35. The Morgan fingerprint density at radius 1 is 1.03 bits per heavy atom. The zero-order valence-electron chi connectivity index (χ0n) is 18.7. The van der Waals surface area contributed by atoms with E-state index in [1.54, 1.807) is 13.2 Å². The predicted octanol–water partition coefficient (Wildman–Crippen LogP) is 4.97. The molecule has 1 atom stereocenters. The number of carbonyl (C=O) groups is 1. The number of amides is 1. The minimum atomic E-state index is -0.145. The molecule has 1 amide bonds. The summed E-state index contributed by atoms with van der Waals surface area (Å²) in [5.74, 6) is 1.15. The van der Waals surface area contributed by atoms with Crippen LogP contribution in [0.25, 0.3) is 0 Å². The van der Waals surface area contributed by atoms with Crippen LogP contribution >= 0.6 is 0 Å². The lowest BCUT2D eigenvalue weighted by Gasteiger charge is -2.36. The van der Waals surface area contributed by atoms with Gasteiger partial charge in [0.05, 0.1) is 18.7 Å². The third-order valence-corrected chi connectivity index (χ3v) is 6.69. The maximum Gasteiger partial charge on any atom is 0.255 e. The number of benzene rings is 2. The fraction of sp³-hybridized carbons (Fsp3) is 0.500. The van der Waals surface area contributed by atoms with Gasteiger partial charge in [0, 0.05) is 19.1 Å². The zero-order valence-corrected chi connectivity index (χ0v) is 18.7. The van der Waals surface area contributed by atoms with Crippen LogP contribution in [0.2, 0.25) is 0 Å². The van der Waals surface area contributed by atoms with E-state index in [2.05, 4.69) is 10.2 Å². The van der Waals surface area contributed by atoms with Crippen LogP contribution in [0.5, 0.6) is 11.5 Å². The normalized spacial score (nSPS) is 19.2. The van der Waals surface area contributed by atoms with E-state index in [0.717, 1.165) is 37.5 Å². The summed E-state index contributed by atoms with van der Waals surface area (Å²) in [6.07, 6.45) is 7.57. The fourth-order valence-corrected chi connectivity index (χ4v) is 4.82. The summed E-state index contributed by atoms with van der Waals surface area (Å²) >= 11 is 0. The first-order chi connectivity index (χ1) is 15.1. The molecule has 0 radical (unpaired) electrons. The van der Waals surface area contributed by atoms with Gasteiger partial charge >= 0.3 is 0 Å². The van der Waals surface area contributed by atoms with E-state index in [9.17, 15) is 4.79 Å². The van der Waals surface area contributed by atoms with Crippen molar-refractivity contribution >= 4 is 5.91 Å². The molecule has 2 aromatic carbocycles. The van der Waals surface area contributed by atoms with E-state index in [1.165, 1.54) is 25.7 Å². The number of piperidine rings is 1. The van der Waals surface area contributed by atoms with Gasteiger partial charge in [-0.15, -0.1) is 0 Å². The molecule has 2 aromatic rings. The lowest BCUT2D eigenvalue weighted by Crippen LogP contribution is -2.43. The van der Waals surface area contributed by atoms with E-state index in [1.807, 2.05) is 49.4 Å². The molecule has 2 aliphatic rings. The first kappa shape index (κ1) is 21.7. The van der Waals surface area contributed by atoms with Gasteiger partial charge in [-0.2, -0.15) is 0 Å². The number of nitrogens with zero attached hydrogens (tertiary/aromatic N) is 1. The van der Waals surface area contributed by atoms with Gasteiger partial charge < -0.3 is 19.7 Å². The molecule has 1 aliphatic carbocycles. The van der Waals surface area contributed by atoms with E-state index >= 15 is 0 Å². The molecule has 2 fully saturated rings. The second-order valence-corrected chi connectivity index (χ2v) is 8.76. The third kappa shape index (κ3) is 5.40. The van der Waals surface area contributed by atoms with Crippen LogP contribution in [0.1, 0.15) is 67.4 Å². The summed E-state index contributed by atoms with van der Waals surface area (Å²) in [6.45, 7) is 4.16.